The van der Waals surface area contributed by atoms with Crippen molar-refractivity contribution in [2.75, 3.05) is 42.6 Å². The van der Waals surface area contributed by atoms with E-state index >= 15 is 0 Å². The molecular weight excluding hydrogens is 1080 g/mol. The zero-order chi connectivity index (χ0) is 54.8. The van der Waals surface area contributed by atoms with Gasteiger partial charge in [-0.05, 0) is 66.2 Å². The van der Waals surface area contributed by atoms with Crippen molar-refractivity contribution in [3.8, 4) is 0 Å². The maximum absolute atomic E-state index is 14.1. The van der Waals surface area contributed by atoms with E-state index < -0.39 is 156 Å². The van der Waals surface area contributed by atoms with Crippen LogP contribution >= 0.6 is 43.2 Å². The lowest BCUT2D eigenvalue weighted by atomic mass is 9.85. The van der Waals surface area contributed by atoms with Gasteiger partial charge in [0.1, 0.15) is 6.04 Å². The van der Waals surface area contributed by atoms with Gasteiger partial charge in [-0.2, -0.15) is 0 Å². The summed E-state index contributed by atoms with van der Waals surface area (Å²) in [5.74, 6) is -21.8. The van der Waals surface area contributed by atoms with E-state index in [0.29, 0.717) is 62.8 Å². The fourth-order valence-corrected chi connectivity index (χ4v) is 13.4. The van der Waals surface area contributed by atoms with Gasteiger partial charge in [0.05, 0.1) is 31.6 Å². The quantitative estimate of drug-likeness (QED) is 0.142. The van der Waals surface area contributed by atoms with Crippen LogP contribution in [-0.2, 0) is 19.2 Å². The smallest absolute Gasteiger partial charge is 0.329 e. The molecule has 0 saturated carbocycles. The van der Waals surface area contributed by atoms with E-state index in [9.17, 15) is 93.3 Å². The molecule has 4 aromatic rings. The lowest BCUT2D eigenvalue weighted by molar-refractivity contribution is -0.307. The molecule has 0 aromatic heterocycles. The van der Waals surface area contributed by atoms with Crippen LogP contribution in [0.4, 0.5) is 0 Å². The Labute approximate surface area is 439 Å². The zero-order valence-corrected chi connectivity index (χ0v) is 41.3. The number of rotatable bonds is 4. The summed E-state index contributed by atoms with van der Waals surface area (Å²) in [5.41, 5.74) is -2.15. The molecule has 76 heavy (non-hydrogen) atoms. The monoisotopic (exact) mass is 1110 g/mol. The van der Waals surface area contributed by atoms with Crippen molar-refractivity contribution in [1.82, 2.24) is 19.6 Å². The van der Waals surface area contributed by atoms with Crippen LogP contribution in [0.15, 0.2) is 63.5 Å². The number of imide groups is 4. The summed E-state index contributed by atoms with van der Waals surface area (Å²) in [4.78, 5) is 173. The Kier molecular flexibility index (Phi) is 14.1. The summed E-state index contributed by atoms with van der Waals surface area (Å²) in [6.45, 7) is -3.26. The van der Waals surface area contributed by atoms with Gasteiger partial charge in [-0.3, -0.25) is 72.9 Å². The van der Waals surface area contributed by atoms with Crippen LogP contribution in [0.5, 0.6) is 0 Å². The number of aliphatic imine (C=N–C) groups is 3. The van der Waals surface area contributed by atoms with Crippen LogP contribution in [0, 0.1) is 0 Å². The second-order valence-electron chi connectivity index (χ2n) is 16.8. The highest BCUT2D eigenvalue weighted by molar-refractivity contribution is 8.77. The molecule has 16 bridgehead atoms. The maximum atomic E-state index is 14.1. The van der Waals surface area contributed by atoms with E-state index in [-0.39, 0.29) is 66.1 Å². The first-order valence-electron chi connectivity index (χ1n) is 21.9. The molecule has 0 saturated heterocycles. The molecule has 18 aliphatic rings. The molecule has 0 radical (unpaired) electrons. The Morgan fingerprint density at radius 2 is 0.658 bits per heavy atom. The third-order valence-electron chi connectivity index (χ3n) is 12.4. The predicted molar refractivity (Wildman–Crippen MR) is 260 cm³/mol. The van der Waals surface area contributed by atoms with Crippen LogP contribution < -0.4 is 20.4 Å². The fourth-order valence-electron chi connectivity index (χ4n) is 8.87. The highest BCUT2D eigenvalue weighted by Gasteiger charge is 2.45. The van der Waals surface area contributed by atoms with Crippen LogP contribution in [-0.4, -0.2) is 191 Å². The maximum Gasteiger partial charge on any atom is 0.329 e. The summed E-state index contributed by atoms with van der Waals surface area (Å²) in [5, 5.41) is 81.3. The van der Waals surface area contributed by atoms with Gasteiger partial charge < -0.3 is 40.5 Å². The number of carbonyl (C=O) groups is 12. The van der Waals surface area contributed by atoms with Crippen molar-refractivity contribution in [2.24, 2.45) is 15.0 Å². The van der Waals surface area contributed by atoms with Crippen LogP contribution in [0.2, 0.25) is 0 Å². The first kappa shape index (κ1) is 52.5. The van der Waals surface area contributed by atoms with E-state index in [2.05, 4.69) is 15.0 Å². The molecule has 18 heterocycles. The molecule has 0 unspecified atom stereocenters. The Morgan fingerprint density at radius 3 is 0.921 bits per heavy atom. The first-order chi connectivity index (χ1) is 36.1. The van der Waals surface area contributed by atoms with E-state index in [1.807, 2.05) is 0 Å². The molecule has 0 fully saturated rings. The van der Waals surface area contributed by atoms with Crippen LogP contribution in [0.3, 0.4) is 0 Å². The summed E-state index contributed by atoms with van der Waals surface area (Å²) >= 11 is 0. The fraction of sp³-hybridized carbons (Fsp3) is 0.239. The van der Waals surface area contributed by atoms with Crippen molar-refractivity contribution in [2.45, 2.75) is 24.2 Å². The van der Waals surface area contributed by atoms with Crippen molar-refractivity contribution in [3.05, 3.63) is 93.0 Å². The summed E-state index contributed by atoms with van der Waals surface area (Å²) in [6, 6.07) is 1.32. The minimum absolute atomic E-state index is 0.157. The lowest BCUT2D eigenvalue weighted by Gasteiger charge is -2.34. The lowest BCUT2D eigenvalue weighted by Crippen LogP contribution is -2.52. The molecule has 4 aromatic carbocycles. The molecule has 22 rings (SSSR count). The number of nitrogens with zero attached hydrogens (tertiary/aromatic N) is 7. The first-order valence-corrected chi connectivity index (χ1v) is 26.8. The minimum Gasteiger partial charge on any atom is -0.861 e. The number of amides is 8. The SMILES string of the molecule is O=C([O-])[C@@H]1CSSC[C@@H](C(=O)O)N=C([O-])CN2C(=O)c3ccc4c5c(ccc(c35)C2=O)C(=O)N(C4=O)[C@H](C(=O)O)CSSC[C@@H](C(=O)O)N=C([O-])CN2C(=O)c3ccc4c5c(ccc(c35)C2=O)C(=O)N(CC([O-])=N1)C4=O. The summed E-state index contributed by atoms with van der Waals surface area (Å²) < 4.78 is 0. The molecule has 3 N–H and O–H groups in total. The van der Waals surface area contributed by atoms with Crippen LogP contribution in [0.1, 0.15) is 82.9 Å². The molecule has 30 heteroatoms. The molecule has 0 spiro atoms. The van der Waals surface area contributed by atoms with Crippen molar-refractivity contribution < 1.29 is 93.3 Å². The zero-order valence-electron chi connectivity index (χ0n) is 38.0. The number of hydrogen-bond donors (Lipinski definition) is 3. The number of benzene rings is 4. The topological polar surface area (TPSA) is 408 Å². The van der Waals surface area contributed by atoms with E-state index in [1.165, 1.54) is 0 Å². The largest absolute Gasteiger partial charge is 0.861 e. The number of aliphatic carboxylic acids is 4. The Hall–Kier alpha value is -8.35. The third-order valence-corrected chi connectivity index (χ3v) is 17.1. The number of carboxylic acids is 4. The minimum atomic E-state index is -1.93. The van der Waals surface area contributed by atoms with Crippen molar-refractivity contribution >= 4 is 154 Å². The molecule has 4 atom stereocenters. The highest BCUT2D eigenvalue weighted by Crippen LogP contribution is 2.41. The summed E-state index contributed by atoms with van der Waals surface area (Å²) in [7, 11) is 2.70. The second kappa shape index (κ2) is 20.4. The molecule has 8 amide bonds. The molecule has 26 nitrogen and oxygen atoms in total. The van der Waals surface area contributed by atoms with Gasteiger partial charge in [0.25, 0.3) is 47.3 Å². The van der Waals surface area contributed by atoms with Gasteiger partial charge in [0, 0.05) is 89.1 Å². The van der Waals surface area contributed by atoms with Crippen molar-refractivity contribution in [1.29, 1.82) is 0 Å². The van der Waals surface area contributed by atoms with E-state index in [0.717, 1.165) is 48.5 Å². The second-order valence-corrected chi connectivity index (χ2v) is 21.9. The molecule has 0 aliphatic carbocycles. The number of carboxylic acid groups (broad SMARTS) is 4. The Morgan fingerprint density at radius 1 is 0.408 bits per heavy atom. The van der Waals surface area contributed by atoms with Crippen molar-refractivity contribution in [3.63, 3.8) is 0 Å². The highest BCUT2D eigenvalue weighted by atomic mass is 33.1. The molecule has 18 aliphatic heterocycles. The Balaban J connectivity index is 1.04. The van der Waals surface area contributed by atoms with E-state index in [1.54, 1.807) is 0 Å². The van der Waals surface area contributed by atoms with Gasteiger partial charge in [-0.25, -0.2) is 14.4 Å². The summed E-state index contributed by atoms with van der Waals surface area (Å²) in [6.07, 6.45) is 0. The van der Waals surface area contributed by atoms with Crippen LogP contribution in [0.25, 0.3) is 21.5 Å². The average Bonchev–Trinajstić information content (AvgIpc) is 3.44. The predicted octanol–water partition coefficient (Wildman–Crippen LogP) is -2.39. The molecular formula is C46H29N7O19S4-4. The van der Waals surface area contributed by atoms with E-state index in [4.69, 9.17) is 0 Å². The normalized spacial score (nSPS) is 22.0. The van der Waals surface area contributed by atoms with Gasteiger partial charge in [-0.1, -0.05) is 43.2 Å². The standard InChI is InChI=1S/C46H33N7O19S4/c54-28-9-50-35(57)16-1-3-18-32-19(4-2-17(31(16)32)36(50)58)38(60)51(37(18)59)11-30(56)49-26(45(69)70)14-75-76-15-27(46(71)72)53-41(63)22-7-5-20-33-21(6-8-23(34(22)33)42(53)64)40(62)52(39(20)61)10-29(55)48-25(44(67)68)13-74-73-12-24(47-28)43(65)66/h1-8,24-27H,9-15H2,(H,47,54)(H,48,55)(H,49,56)(H,65,66)(H,67,68)(H,69,70)(H,71,72)/p-4/t24-,25-,26-,27-/m0/s1. The average molecular weight is 1110 g/mol. The molecule has 390 valence electrons. The van der Waals surface area contributed by atoms with Gasteiger partial charge in [0.2, 0.25) is 0 Å². The number of carbonyl (C=O) groups excluding carboxylic acids is 9. The van der Waals surface area contributed by atoms with Gasteiger partial charge in [-0.15, -0.1) is 0 Å². The third kappa shape index (κ3) is 9.10. The van der Waals surface area contributed by atoms with Gasteiger partial charge >= 0.3 is 17.9 Å². The number of hydrogen-bond acceptors (Lipinski definition) is 23. The van der Waals surface area contributed by atoms with Gasteiger partial charge in [0.15, 0.2) is 12.1 Å². The Bertz CT molecular complexity index is 3370.